The monoisotopic (exact) mass is 401 g/mol. The molecule has 0 aliphatic carbocycles. The standard InChI is InChI=1S/C19H16ClN3O3S/c20-15-12-17(19-22-27(24,25)11-3-10-23(19)13-15)14-5-7-16(8-6-14)26-18-4-1-2-9-21-18/h1-2,4-9,12-13H,3,10-11H2. The van der Waals surface area contributed by atoms with Gasteiger partial charge in [-0.25, -0.2) is 13.4 Å². The van der Waals surface area contributed by atoms with Crippen LogP contribution in [-0.2, 0) is 10.0 Å². The third kappa shape index (κ3) is 4.04. The minimum atomic E-state index is -3.50. The number of allylic oxidation sites excluding steroid dienone is 2. The molecule has 3 heterocycles. The van der Waals surface area contributed by atoms with Crippen molar-refractivity contribution < 1.29 is 13.2 Å². The first-order chi connectivity index (χ1) is 13.0. The van der Waals surface area contributed by atoms with Gasteiger partial charge in [-0.05, 0) is 36.3 Å². The van der Waals surface area contributed by atoms with E-state index in [1.807, 2.05) is 24.3 Å². The van der Waals surface area contributed by atoms with Crippen molar-refractivity contribution in [3.8, 4) is 11.6 Å². The van der Waals surface area contributed by atoms with Crippen LogP contribution in [0.25, 0.3) is 5.57 Å². The highest BCUT2D eigenvalue weighted by atomic mass is 35.5. The van der Waals surface area contributed by atoms with Crippen LogP contribution in [0.15, 0.2) is 70.4 Å². The molecule has 0 amide bonds. The van der Waals surface area contributed by atoms with Gasteiger partial charge in [0.05, 0.1) is 10.8 Å². The van der Waals surface area contributed by atoms with Gasteiger partial charge in [0.25, 0.3) is 10.0 Å². The molecule has 0 N–H and O–H groups in total. The minimum Gasteiger partial charge on any atom is -0.439 e. The van der Waals surface area contributed by atoms with Gasteiger partial charge in [0.15, 0.2) is 5.84 Å². The highest BCUT2D eigenvalue weighted by molar-refractivity contribution is 7.90. The molecule has 0 fully saturated rings. The quantitative estimate of drug-likeness (QED) is 0.782. The van der Waals surface area contributed by atoms with Gasteiger partial charge in [0.1, 0.15) is 5.75 Å². The number of amidine groups is 1. The lowest BCUT2D eigenvalue weighted by Crippen LogP contribution is -2.29. The summed E-state index contributed by atoms with van der Waals surface area (Å²) in [7, 11) is -3.50. The Bertz CT molecular complexity index is 1050. The average Bonchev–Trinajstić information content (AvgIpc) is 2.80. The molecule has 2 aliphatic rings. The van der Waals surface area contributed by atoms with E-state index in [1.165, 1.54) is 0 Å². The number of hydrogen-bond donors (Lipinski definition) is 0. The highest BCUT2D eigenvalue weighted by Gasteiger charge is 2.26. The van der Waals surface area contributed by atoms with Crippen molar-refractivity contribution in [1.82, 2.24) is 9.88 Å². The topological polar surface area (TPSA) is 71.9 Å². The lowest BCUT2D eigenvalue weighted by molar-refractivity contribution is 0.463. The van der Waals surface area contributed by atoms with Gasteiger partial charge in [-0.2, -0.15) is 0 Å². The normalized spacial score (nSPS) is 18.6. The number of aromatic nitrogens is 1. The second-order valence-corrected chi connectivity index (χ2v) is 8.31. The Morgan fingerprint density at radius 2 is 1.93 bits per heavy atom. The number of benzene rings is 1. The zero-order valence-corrected chi connectivity index (χ0v) is 15.8. The number of halogens is 1. The number of pyridine rings is 1. The molecule has 0 atom stereocenters. The van der Waals surface area contributed by atoms with E-state index < -0.39 is 10.0 Å². The number of sulfonamides is 1. The van der Waals surface area contributed by atoms with Crippen molar-refractivity contribution in [2.45, 2.75) is 6.42 Å². The van der Waals surface area contributed by atoms with Gasteiger partial charge in [-0.1, -0.05) is 29.8 Å². The molecule has 2 aromatic rings. The number of fused-ring (bicyclic) bond motifs is 1. The van der Waals surface area contributed by atoms with Crippen LogP contribution >= 0.6 is 11.6 Å². The third-order valence-corrected chi connectivity index (χ3v) is 5.59. The largest absolute Gasteiger partial charge is 0.439 e. The molecule has 1 aromatic carbocycles. The van der Waals surface area contributed by atoms with Crippen molar-refractivity contribution in [3.63, 3.8) is 0 Å². The molecular formula is C19H16ClN3O3S. The summed E-state index contributed by atoms with van der Waals surface area (Å²) in [4.78, 5) is 5.92. The second-order valence-electron chi connectivity index (χ2n) is 6.11. The molecule has 0 spiro atoms. The molecule has 0 unspecified atom stereocenters. The molecule has 6 nitrogen and oxygen atoms in total. The average molecular weight is 402 g/mol. The van der Waals surface area contributed by atoms with E-state index in [-0.39, 0.29) is 5.75 Å². The molecule has 4 rings (SSSR count). The first-order valence-electron chi connectivity index (χ1n) is 8.38. The van der Waals surface area contributed by atoms with Crippen LogP contribution in [0.5, 0.6) is 11.6 Å². The van der Waals surface area contributed by atoms with Crippen LogP contribution in [0, 0.1) is 0 Å². The second kappa shape index (κ2) is 7.17. The van der Waals surface area contributed by atoms with E-state index in [4.69, 9.17) is 16.3 Å². The molecule has 0 saturated heterocycles. The molecule has 8 heteroatoms. The van der Waals surface area contributed by atoms with E-state index in [0.717, 1.165) is 5.56 Å². The van der Waals surface area contributed by atoms with Crippen molar-refractivity contribution in [2.24, 2.45) is 4.40 Å². The highest BCUT2D eigenvalue weighted by Crippen LogP contribution is 2.30. The summed E-state index contributed by atoms with van der Waals surface area (Å²) in [5.74, 6) is 1.55. The van der Waals surface area contributed by atoms with Crippen LogP contribution in [0.4, 0.5) is 0 Å². The first-order valence-corrected chi connectivity index (χ1v) is 10.4. The van der Waals surface area contributed by atoms with Gasteiger partial charge in [0, 0.05) is 30.6 Å². The van der Waals surface area contributed by atoms with Crippen molar-refractivity contribution in [1.29, 1.82) is 0 Å². The predicted octanol–water partition coefficient (Wildman–Crippen LogP) is 3.79. The maximum absolute atomic E-state index is 12.1. The van der Waals surface area contributed by atoms with Crippen molar-refractivity contribution in [2.75, 3.05) is 12.3 Å². The molecule has 27 heavy (non-hydrogen) atoms. The molecule has 1 aromatic heterocycles. The third-order valence-electron chi connectivity index (χ3n) is 4.13. The lowest BCUT2D eigenvalue weighted by Gasteiger charge is -2.26. The summed E-state index contributed by atoms with van der Waals surface area (Å²) < 4.78 is 33.9. The fourth-order valence-corrected chi connectivity index (χ4v) is 4.19. The number of hydrogen-bond acceptors (Lipinski definition) is 5. The Hall–Kier alpha value is -2.64. The summed E-state index contributed by atoms with van der Waals surface area (Å²) in [5.41, 5.74) is 1.47. The minimum absolute atomic E-state index is 0.0303. The summed E-state index contributed by atoms with van der Waals surface area (Å²) in [6, 6.07) is 12.7. The van der Waals surface area contributed by atoms with Crippen molar-refractivity contribution >= 4 is 33.0 Å². The van der Waals surface area contributed by atoms with Crippen LogP contribution in [0.1, 0.15) is 12.0 Å². The lowest BCUT2D eigenvalue weighted by atomic mass is 10.0. The smallest absolute Gasteiger partial charge is 0.255 e. The van der Waals surface area contributed by atoms with E-state index in [9.17, 15) is 8.42 Å². The molecule has 2 aliphatic heterocycles. The molecule has 0 bridgehead atoms. The van der Waals surface area contributed by atoms with E-state index >= 15 is 0 Å². The summed E-state index contributed by atoms with van der Waals surface area (Å²) in [6.07, 6.45) is 5.60. The zero-order chi connectivity index (χ0) is 18.9. The number of ether oxygens (including phenoxy) is 1. The Balaban J connectivity index is 1.67. The van der Waals surface area contributed by atoms with Crippen LogP contribution in [0.2, 0.25) is 0 Å². The van der Waals surface area contributed by atoms with Crippen LogP contribution < -0.4 is 4.74 Å². The SMILES string of the molecule is O=S1(=O)CCCN2C=C(Cl)C=C(c3ccc(Oc4ccccn4)cc3)C2=N1. The Kier molecular flexibility index (Phi) is 4.72. The Labute approximate surface area is 162 Å². The molecule has 0 radical (unpaired) electrons. The number of nitrogens with zero attached hydrogens (tertiary/aromatic N) is 3. The van der Waals surface area contributed by atoms with Crippen LogP contribution in [0.3, 0.4) is 0 Å². The predicted molar refractivity (Wildman–Crippen MR) is 105 cm³/mol. The van der Waals surface area contributed by atoms with Gasteiger partial charge < -0.3 is 9.64 Å². The van der Waals surface area contributed by atoms with Gasteiger partial charge in [-0.3, -0.25) is 0 Å². The van der Waals surface area contributed by atoms with Crippen LogP contribution in [-0.4, -0.2) is 36.4 Å². The van der Waals surface area contributed by atoms with E-state index in [2.05, 4.69) is 9.38 Å². The van der Waals surface area contributed by atoms with Crippen molar-refractivity contribution in [3.05, 3.63) is 71.5 Å². The fraction of sp³-hybridized carbons (Fsp3) is 0.158. The molecular weight excluding hydrogens is 386 g/mol. The molecule has 138 valence electrons. The molecule has 0 saturated carbocycles. The van der Waals surface area contributed by atoms with Gasteiger partial charge in [-0.15, -0.1) is 4.40 Å². The summed E-state index contributed by atoms with van der Waals surface area (Å²) in [5, 5.41) is 0.525. The summed E-state index contributed by atoms with van der Waals surface area (Å²) >= 11 is 6.25. The fourth-order valence-electron chi connectivity index (χ4n) is 2.91. The first kappa shape index (κ1) is 17.8. The van der Waals surface area contributed by atoms with E-state index in [1.54, 1.807) is 41.6 Å². The zero-order valence-electron chi connectivity index (χ0n) is 14.2. The van der Waals surface area contributed by atoms with E-state index in [0.29, 0.717) is 41.0 Å². The van der Waals surface area contributed by atoms with Gasteiger partial charge >= 0.3 is 0 Å². The Morgan fingerprint density at radius 3 is 2.67 bits per heavy atom. The Morgan fingerprint density at radius 1 is 1.11 bits per heavy atom. The maximum Gasteiger partial charge on any atom is 0.255 e. The van der Waals surface area contributed by atoms with Gasteiger partial charge in [0.2, 0.25) is 5.88 Å². The maximum atomic E-state index is 12.1. The number of rotatable bonds is 3. The summed E-state index contributed by atoms with van der Waals surface area (Å²) in [6.45, 7) is 0.548.